The van der Waals surface area contributed by atoms with Gasteiger partial charge in [-0.1, -0.05) is 11.6 Å². The van der Waals surface area contributed by atoms with Crippen molar-refractivity contribution in [2.45, 2.75) is 25.2 Å². The number of hydrogen-bond acceptors (Lipinski definition) is 4. The Bertz CT molecular complexity index is 616. The third-order valence-corrected chi connectivity index (χ3v) is 3.44. The van der Waals surface area contributed by atoms with E-state index in [0.717, 1.165) is 6.20 Å². The van der Waals surface area contributed by atoms with Crippen molar-refractivity contribution < 1.29 is 18.0 Å². The van der Waals surface area contributed by atoms with E-state index in [2.05, 4.69) is 10.4 Å². The maximum Gasteiger partial charge on any atom is 0.408 e. The van der Waals surface area contributed by atoms with Crippen LogP contribution in [0.5, 0.6) is 0 Å². The van der Waals surface area contributed by atoms with E-state index in [-0.39, 0.29) is 16.3 Å². The highest BCUT2D eigenvalue weighted by atomic mass is 35.5. The number of carbonyl (C=O) groups is 1. The van der Waals surface area contributed by atoms with Crippen LogP contribution in [0.1, 0.15) is 6.42 Å². The van der Waals surface area contributed by atoms with E-state index in [1.165, 1.54) is 4.90 Å². The van der Waals surface area contributed by atoms with Crippen molar-refractivity contribution in [1.29, 1.82) is 0 Å². The number of rotatable bonds is 3. The molecule has 1 unspecified atom stereocenters. The second-order valence-electron chi connectivity index (χ2n) is 4.70. The lowest BCUT2D eigenvalue weighted by atomic mass is 10.2. The molecular weight excluding hydrogens is 313 g/mol. The Morgan fingerprint density at radius 2 is 2.14 bits per heavy atom. The van der Waals surface area contributed by atoms with Gasteiger partial charge in [-0.3, -0.25) is 9.59 Å². The highest BCUT2D eigenvalue weighted by Gasteiger charge is 2.31. The van der Waals surface area contributed by atoms with Crippen molar-refractivity contribution in [3.63, 3.8) is 0 Å². The van der Waals surface area contributed by atoms with E-state index in [1.54, 1.807) is 7.05 Å². The van der Waals surface area contributed by atoms with Gasteiger partial charge in [0, 0.05) is 13.6 Å². The van der Waals surface area contributed by atoms with Crippen LogP contribution >= 0.6 is 11.6 Å². The van der Waals surface area contributed by atoms with Gasteiger partial charge in [-0.25, -0.2) is 4.68 Å². The molecule has 0 saturated carbocycles. The van der Waals surface area contributed by atoms with Gasteiger partial charge in [-0.2, -0.15) is 18.3 Å². The predicted molar refractivity (Wildman–Crippen MR) is 69.2 cm³/mol. The maximum atomic E-state index is 12.3. The highest BCUT2D eigenvalue weighted by molar-refractivity contribution is 6.33. The molecule has 2 rings (SSSR count). The monoisotopic (exact) mass is 324 g/mol. The smallest absolute Gasteiger partial charge is 0.371 e. The third-order valence-electron chi connectivity index (χ3n) is 3.07. The largest absolute Gasteiger partial charge is 0.408 e. The van der Waals surface area contributed by atoms with Gasteiger partial charge >= 0.3 is 6.18 Å². The van der Waals surface area contributed by atoms with E-state index >= 15 is 0 Å². The maximum absolute atomic E-state index is 12.3. The zero-order valence-electron chi connectivity index (χ0n) is 10.9. The molecule has 1 aromatic heterocycles. The van der Waals surface area contributed by atoms with Crippen molar-refractivity contribution in [3.8, 4) is 0 Å². The molecule has 0 aliphatic carbocycles. The van der Waals surface area contributed by atoms with Gasteiger partial charge in [0.25, 0.3) is 5.56 Å². The van der Waals surface area contributed by atoms with Crippen LogP contribution in [-0.4, -0.2) is 46.4 Å². The molecule has 1 fully saturated rings. The number of nitrogens with one attached hydrogen (secondary N) is 1. The Balaban J connectivity index is 2.21. The summed E-state index contributed by atoms with van der Waals surface area (Å²) in [5.74, 6) is -0.175. The molecule has 21 heavy (non-hydrogen) atoms. The molecule has 1 aliphatic heterocycles. The molecule has 6 nitrogen and oxygen atoms in total. The number of anilines is 1. The number of likely N-dealkylation sites (N-methyl/N-ethyl adjacent to an activating group) is 1. The second-order valence-corrected chi connectivity index (χ2v) is 5.07. The summed E-state index contributed by atoms with van der Waals surface area (Å²) in [6.45, 7) is -0.969. The average molecular weight is 325 g/mol. The lowest BCUT2D eigenvalue weighted by molar-refractivity contribution is -0.143. The fraction of sp³-hybridized carbons (Fsp3) is 0.545. The molecule has 2 heterocycles. The van der Waals surface area contributed by atoms with Crippen molar-refractivity contribution in [2.24, 2.45) is 0 Å². The Hall–Kier alpha value is -1.77. The first kappa shape index (κ1) is 15.6. The SMILES string of the molecule is CN1CCC(Nc2cnn(CC(F)(F)F)c(=O)c2Cl)C1=O. The summed E-state index contributed by atoms with van der Waals surface area (Å²) in [6.07, 6.45) is -3.04. The van der Waals surface area contributed by atoms with Crippen LogP contribution in [0.25, 0.3) is 0 Å². The summed E-state index contributed by atoms with van der Waals surface area (Å²) >= 11 is 5.76. The Morgan fingerprint density at radius 3 is 2.67 bits per heavy atom. The molecule has 10 heteroatoms. The second kappa shape index (κ2) is 5.55. The molecule has 1 aliphatic rings. The molecule has 0 bridgehead atoms. The number of likely N-dealkylation sites (tertiary alicyclic amines) is 1. The number of aromatic nitrogens is 2. The van der Waals surface area contributed by atoms with Gasteiger partial charge in [-0.05, 0) is 6.42 Å². The lowest BCUT2D eigenvalue weighted by Crippen LogP contribution is -2.34. The summed E-state index contributed by atoms with van der Waals surface area (Å²) in [6, 6.07) is -0.563. The van der Waals surface area contributed by atoms with Gasteiger partial charge in [0.15, 0.2) is 0 Å². The van der Waals surface area contributed by atoms with Crippen LogP contribution in [0.15, 0.2) is 11.0 Å². The fourth-order valence-electron chi connectivity index (χ4n) is 1.99. The van der Waals surface area contributed by atoms with E-state index in [0.29, 0.717) is 13.0 Å². The Morgan fingerprint density at radius 1 is 1.48 bits per heavy atom. The molecule has 1 atom stereocenters. The van der Waals surface area contributed by atoms with Crippen LogP contribution in [0.4, 0.5) is 18.9 Å². The third kappa shape index (κ3) is 3.46. The molecular formula is C11H12ClF3N4O2. The van der Waals surface area contributed by atoms with E-state index < -0.39 is 29.3 Å². The van der Waals surface area contributed by atoms with Crippen LogP contribution in [-0.2, 0) is 11.3 Å². The number of alkyl halides is 3. The zero-order chi connectivity index (χ0) is 15.8. The van der Waals surface area contributed by atoms with Gasteiger partial charge in [-0.15, -0.1) is 0 Å². The molecule has 1 N–H and O–H groups in total. The first-order valence-corrected chi connectivity index (χ1v) is 6.41. The van der Waals surface area contributed by atoms with Gasteiger partial charge in [0.2, 0.25) is 5.91 Å². The van der Waals surface area contributed by atoms with Crippen LogP contribution in [0, 0.1) is 0 Å². The number of amides is 1. The Labute approximate surface area is 122 Å². The molecule has 1 aromatic rings. The minimum absolute atomic E-state index is 0.0498. The molecule has 1 amide bonds. The summed E-state index contributed by atoms with van der Waals surface area (Å²) < 4.78 is 37.0. The van der Waals surface area contributed by atoms with Crippen molar-refractivity contribution >= 4 is 23.2 Å². The van der Waals surface area contributed by atoms with E-state index in [4.69, 9.17) is 11.6 Å². The van der Waals surface area contributed by atoms with Crippen molar-refractivity contribution in [2.75, 3.05) is 18.9 Å². The lowest BCUT2D eigenvalue weighted by Gasteiger charge is -2.15. The first-order valence-electron chi connectivity index (χ1n) is 6.03. The van der Waals surface area contributed by atoms with Gasteiger partial charge < -0.3 is 10.2 Å². The molecule has 0 spiro atoms. The van der Waals surface area contributed by atoms with E-state index in [1.807, 2.05) is 0 Å². The first-order chi connectivity index (χ1) is 9.69. The number of halogens is 4. The number of nitrogens with zero attached hydrogens (tertiary/aromatic N) is 3. The molecule has 0 radical (unpaired) electrons. The predicted octanol–water partition coefficient (Wildman–Crippen LogP) is 1.10. The van der Waals surface area contributed by atoms with Crippen molar-refractivity contribution in [3.05, 3.63) is 21.6 Å². The molecule has 116 valence electrons. The zero-order valence-corrected chi connectivity index (χ0v) is 11.7. The minimum atomic E-state index is -4.57. The quantitative estimate of drug-likeness (QED) is 0.904. The van der Waals surface area contributed by atoms with E-state index in [9.17, 15) is 22.8 Å². The normalized spacial score (nSPS) is 19.2. The molecule has 1 saturated heterocycles. The van der Waals surface area contributed by atoms with Crippen LogP contribution in [0.3, 0.4) is 0 Å². The van der Waals surface area contributed by atoms with Crippen LogP contribution in [0.2, 0.25) is 5.02 Å². The van der Waals surface area contributed by atoms with Gasteiger partial charge in [0.05, 0.1) is 11.9 Å². The number of carbonyl (C=O) groups excluding carboxylic acids is 1. The number of hydrogen-bond donors (Lipinski definition) is 1. The summed E-state index contributed by atoms with van der Waals surface area (Å²) in [5, 5.41) is 5.74. The summed E-state index contributed by atoms with van der Waals surface area (Å²) in [5.41, 5.74) is -1.01. The summed E-state index contributed by atoms with van der Waals surface area (Å²) in [7, 11) is 1.63. The highest BCUT2D eigenvalue weighted by Crippen LogP contribution is 2.21. The van der Waals surface area contributed by atoms with Gasteiger partial charge in [0.1, 0.15) is 17.6 Å². The summed E-state index contributed by atoms with van der Waals surface area (Å²) in [4.78, 5) is 25.0. The fourth-order valence-corrected chi connectivity index (χ4v) is 2.19. The minimum Gasteiger partial charge on any atom is -0.371 e. The van der Waals surface area contributed by atoms with Crippen LogP contribution < -0.4 is 10.9 Å². The average Bonchev–Trinajstić information content (AvgIpc) is 2.69. The molecule has 0 aromatic carbocycles. The standard InChI is InChI=1S/C11H12ClF3N4O2/c1-18-3-2-6(9(18)20)17-7-4-16-19(5-11(13,14)15)10(21)8(7)12/h4,6,17H,2-3,5H2,1H3. The Kier molecular flexibility index (Phi) is 4.13. The topological polar surface area (TPSA) is 67.2 Å². The van der Waals surface area contributed by atoms with Crippen molar-refractivity contribution in [1.82, 2.24) is 14.7 Å².